The summed E-state index contributed by atoms with van der Waals surface area (Å²) in [4.78, 5) is 0. The van der Waals surface area contributed by atoms with Crippen molar-refractivity contribution < 1.29 is 9.47 Å². The van der Waals surface area contributed by atoms with Crippen molar-refractivity contribution in [2.75, 3.05) is 19.4 Å². The number of unbranched alkanes of at least 4 members (excludes halogenated alkanes) is 5. The van der Waals surface area contributed by atoms with Gasteiger partial charge in [-0.3, -0.25) is 0 Å². The monoisotopic (exact) mass is 556 g/mol. The summed E-state index contributed by atoms with van der Waals surface area (Å²) in [6, 6.07) is 33.4. The van der Waals surface area contributed by atoms with E-state index in [-0.39, 0.29) is 6.29 Å². The fourth-order valence-corrected chi connectivity index (χ4v) is 12.8. The van der Waals surface area contributed by atoms with E-state index >= 15 is 0 Å². The van der Waals surface area contributed by atoms with E-state index in [9.17, 15) is 0 Å². The van der Waals surface area contributed by atoms with Crippen LogP contribution in [0, 0.1) is 0 Å². The SMILES string of the molecule is CCOC(CCCCCCCCP(Br)(c1ccccc1)(c1ccccc1)c1ccccc1)OCC. The minimum absolute atomic E-state index is 0.0351. The molecule has 2 nitrogen and oxygen atoms in total. The summed E-state index contributed by atoms with van der Waals surface area (Å²) in [6.07, 6.45) is 9.48. The summed E-state index contributed by atoms with van der Waals surface area (Å²) in [5, 5.41) is 1.47. The van der Waals surface area contributed by atoms with Gasteiger partial charge in [-0.2, -0.15) is 0 Å². The van der Waals surface area contributed by atoms with E-state index in [2.05, 4.69) is 106 Å². The van der Waals surface area contributed by atoms with Gasteiger partial charge in [-0.15, -0.1) is 0 Å². The van der Waals surface area contributed by atoms with E-state index in [1.807, 2.05) is 13.8 Å². The van der Waals surface area contributed by atoms with Gasteiger partial charge in [0.15, 0.2) is 0 Å². The summed E-state index contributed by atoms with van der Waals surface area (Å²) in [5.74, 6) is 0. The van der Waals surface area contributed by atoms with Gasteiger partial charge in [-0.1, -0.05) is 0 Å². The van der Waals surface area contributed by atoms with Crippen molar-refractivity contribution >= 4 is 36.7 Å². The fraction of sp³-hybridized carbons (Fsp3) is 0.419. The quantitative estimate of drug-likeness (QED) is 0.101. The third-order valence-corrected chi connectivity index (χ3v) is 16.9. The van der Waals surface area contributed by atoms with Gasteiger partial charge >= 0.3 is 222 Å². The van der Waals surface area contributed by atoms with Crippen molar-refractivity contribution in [3.05, 3.63) is 91.0 Å². The van der Waals surface area contributed by atoms with E-state index < -0.39 is 5.31 Å². The van der Waals surface area contributed by atoms with Crippen LogP contribution in [0.25, 0.3) is 0 Å². The molecule has 0 heterocycles. The molecule has 3 aromatic carbocycles. The number of hydrogen-bond donors (Lipinski definition) is 0. The topological polar surface area (TPSA) is 18.5 Å². The van der Waals surface area contributed by atoms with Crippen LogP contribution in [0.5, 0.6) is 0 Å². The summed E-state index contributed by atoms with van der Waals surface area (Å²) in [6.45, 7) is 5.50. The van der Waals surface area contributed by atoms with Gasteiger partial charge in [0, 0.05) is 0 Å². The maximum atomic E-state index is 5.68. The van der Waals surface area contributed by atoms with E-state index in [1.165, 1.54) is 54.4 Å². The second-order valence-corrected chi connectivity index (χ2v) is 18.2. The Morgan fingerprint density at radius 1 is 0.571 bits per heavy atom. The molecule has 3 aromatic rings. The van der Waals surface area contributed by atoms with Crippen molar-refractivity contribution in [3.63, 3.8) is 0 Å². The van der Waals surface area contributed by atoms with E-state index in [1.54, 1.807) is 0 Å². The Morgan fingerprint density at radius 3 is 1.34 bits per heavy atom. The minimum atomic E-state index is -2.77. The van der Waals surface area contributed by atoms with Gasteiger partial charge in [0.05, 0.1) is 0 Å². The van der Waals surface area contributed by atoms with Crippen LogP contribution in [0.2, 0.25) is 0 Å². The first-order valence-electron chi connectivity index (χ1n) is 13.3. The molecule has 0 atom stereocenters. The molecule has 0 aliphatic rings. The molecule has 0 saturated carbocycles. The van der Waals surface area contributed by atoms with E-state index in [0.717, 1.165) is 12.6 Å². The van der Waals surface area contributed by atoms with Crippen LogP contribution in [0.1, 0.15) is 58.8 Å². The van der Waals surface area contributed by atoms with Crippen LogP contribution in [0.4, 0.5) is 0 Å². The third kappa shape index (κ3) is 7.04. The summed E-state index contributed by atoms with van der Waals surface area (Å²) < 4.78 is 11.4. The Hall–Kier alpha value is -1.51. The third-order valence-electron chi connectivity index (χ3n) is 6.86. The van der Waals surface area contributed by atoms with Crippen LogP contribution >= 0.6 is 20.8 Å². The maximum absolute atomic E-state index is 5.68. The van der Waals surface area contributed by atoms with E-state index in [0.29, 0.717) is 13.2 Å². The molecular formula is C31H42BrO2P. The first-order chi connectivity index (χ1) is 17.1. The van der Waals surface area contributed by atoms with Crippen molar-refractivity contribution in [2.24, 2.45) is 0 Å². The van der Waals surface area contributed by atoms with Crippen LogP contribution < -0.4 is 15.9 Å². The summed E-state index contributed by atoms with van der Waals surface area (Å²) in [7, 11) is 0. The molecule has 0 bridgehead atoms. The van der Waals surface area contributed by atoms with Gasteiger partial charge in [0.1, 0.15) is 0 Å². The zero-order valence-electron chi connectivity index (χ0n) is 21.5. The first-order valence-corrected chi connectivity index (χ1v) is 17.7. The molecular weight excluding hydrogens is 515 g/mol. The first kappa shape index (κ1) is 28.1. The van der Waals surface area contributed by atoms with Crippen molar-refractivity contribution in [1.82, 2.24) is 0 Å². The van der Waals surface area contributed by atoms with Crippen molar-refractivity contribution in [3.8, 4) is 0 Å². The second-order valence-electron chi connectivity index (χ2n) is 9.16. The fourth-order valence-electron chi connectivity index (χ4n) is 5.06. The number of hydrogen-bond acceptors (Lipinski definition) is 2. The molecule has 0 spiro atoms. The molecule has 3 rings (SSSR count). The zero-order valence-corrected chi connectivity index (χ0v) is 23.9. The number of rotatable bonds is 16. The standard InChI is InChI=1S/C31H42BrO2P/c1-3-33-31(34-4-2)26-18-7-5-6-8-19-27-35(32,28-20-12-9-13-21-28,29-22-14-10-15-23-29)30-24-16-11-17-25-30/h9-17,20-25,31H,3-8,18-19,26-27H2,1-2H3. The molecule has 0 amide bonds. The predicted molar refractivity (Wildman–Crippen MR) is 158 cm³/mol. The van der Waals surface area contributed by atoms with Gasteiger partial charge in [-0.05, 0) is 0 Å². The Bertz CT molecular complexity index is 860. The molecule has 4 heteroatoms. The normalized spacial score (nSPS) is 13.0. The zero-order chi connectivity index (χ0) is 24.8. The molecule has 0 aliphatic carbocycles. The van der Waals surface area contributed by atoms with Gasteiger partial charge < -0.3 is 0 Å². The van der Waals surface area contributed by atoms with Crippen LogP contribution in [0.3, 0.4) is 0 Å². The Kier molecular flexibility index (Phi) is 11.5. The molecule has 0 radical (unpaired) electrons. The average molecular weight is 558 g/mol. The molecule has 0 saturated heterocycles. The van der Waals surface area contributed by atoms with E-state index in [4.69, 9.17) is 9.47 Å². The molecule has 190 valence electrons. The van der Waals surface area contributed by atoms with Gasteiger partial charge in [0.25, 0.3) is 0 Å². The molecule has 0 aliphatic heterocycles. The molecule has 0 fully saturated rings. The summed E-state index contributed by atoms with van der Waals surface area (Å²) >= 11 is 4.56. The molecule has 35 heavy (non-hydrogen) atoms. The Morgan fingerprint density at radius 2 is 0.943 bits per heavy atom. The van der Waals surface area contributed by atoms with Gasteiger partial charge in [-0.25, -0.2) is 0 Å². The van der Waals surface area contributed by atoms with Crippen LogP contribution in [0.15, 0.2) is 91.0 Å². The molecule has 0 N–H and O–H groups in total. The molecule has 0 unspecified atom stereocenters. The Balaban J connectivity index is 1.69. The Labute approximate surface area is 221 Å². The number of halogens is 1. The van der Waals surface area contributed by atoms with Crippen LogP contribution in [-0.4, -0.2) is 25.7 Å². The van der Waals surface area contributed by atoms with Crippen LogP contribution in [-0.2, 0) is 9.47 Å². The number of ether oxygens (including phenoxy) is 2. The second kappa shape index (κ2) is 14.3. The van der Waals surface area contributed by atoms with Crippen molar-refractivity contribution in [1.29, 1.82) is 0 Å². The molecule has 0 aromatic heterocycles. The van der Waals surface area contributed by atoms with Crippen molar-refractivity contribution in [2.45, 2.75) is 65.1 Å². The summed E-state index contributed by atoms with van der Waals surface area (Å²) in [5.41, 5.74) is 0. The number of benzene rings is 3. The average Bonchev–Trinajstić information content (AvgIpc) is 2.92. The van der Waals surface area contributed by atoms with Gasteiger partial charge in [0.2, 0.25) is 0 Å². The predicted octanol–water partition coefficient (Wildman–Crippen LogP) is 7.96.